The van der Waals surface area contributed by atoms with E-state index in [1.54, 1.807) is 11.8 Å². The lowest BCUT2D eigenvalue weighted by Gasteiger charge is -2.30. The number of rotatable bonds is 3. The largest absolute Gasteiger partial charge is 0.481 e. The Kier molecular flexibility index (Phi) is 4.14. The predicted octanol–water partition coefficient (Wildman–Crippen LogP) is 2.59. The van der Waals surface area contributed by atoms with E-state index in [9.17, 15) is 14.7 Å². The first kappa shape index (κ1) is 15.3. The summed E-state index contributed by atoms with van der Waals surface area (Å²) >= 11 is 0. The molecule has 2 heterocycles. The molecule has 6 heteroatoms. The third-order valence-electron chi connectivity index (χ3n) is 4.03. The first-order valence-corrected chi connectivity index (χ1v) is 7.61. The average molecular weight is 314 g/mol. The zero-order chi connectivity index (χ0) is 16.4. The summed E-state index contributed by atoms with van der Waals surface area (Å²) in [5, 5.41) is 9.17. The number of oxazole rings is 1. The Balaban J connectivity index is 1.90. The number of amides is 1. The second kappa shape index (κ2) is 6.24. The highest BCUT2D eigenvalue weighted by molar-refractivity contribution is 5.98. The minimum absolute atomic E-state index is 0.217. The number of benzene rings is 1. The van der Waals surface area contributed by atoms with Gasteiger partial charge in [-0.25, -0.2) is 4.98 Å². The molecule has 0 bridgehead atoms. The van der Waals surface area contributed by atoms with Gasteiger partial charge < -0.3 is 14.4 Å². The predicted molar refractivity (Wildman–Crippen MR) is 82.9 cm³/mol. The van der Waals surface area contributed by atoms with Crippen molar-refractivity contribution in [3.8, 4) is 11.3 Å². The van der Waals surface area contributed by atoms with E-state index < -0.39 is 11.9 Å². The van der Waals surface area contributed by atoms with Crippen LogP contribution in [-0.4, -0.2) is 40.0 Å². The van der Waals surface area contributed by atoms with Gasteiger partial charge in [0.2, 0.25) is 0 Å². The molecule has 23 heavy (non-hydrogen) atoms. The second-order valence-electron chi connectivity index (χ2n) is 5.71. The van der Waals surface area contributed by atoms with Gasteiger partial charge >= 0.3 is 5.97 Å². The Bertz CT molecular complexity index is 723. The molecule has 0 radical (unpaired) electrons. The molecule has 2 aromatic rings. The van der Waals surface area contributed by atoms with Crippen molar-refractivity contribution < 1.29 is 19.1 Å². The van der Waals surface area contributed by atoms with Gasteiger partial charge in [-0.3, -0.25) is 9.59 Å². The monoisotopic (exact) mass is 314 g/mol. The van der Waals surface area contributed by atoms with Crippen molar-refractivity contribution in [1.82, 2.24) is 9.88 Å². The molecule has 1 aliphatic heterocycles. The lowest BCUT2D eigenvalue weighted by molar-refractivity contribution is -0.143. The lowest BCUT2D eigenvalue weighted by atomic mass is 9.98. The van der Waals surface area contributed by atoms with Crippen molar-refractivity contribution in [2.75, 3.05) is 13.1 Å². The summed E-state index contributed by atoms with van der Waals surface area (Å²) in [7, 11) is 0. The summed E-state index contributed by atoms with van der Waals surface area (Å²) in [6, 6.07) is 9.32. The molecule has 1 aliphatic rings. The Morgan fingerprint density at radius 3 is 2.74 bits per heavy atom. The van der Waals surface area contributed by atoms with Gasteiger partial charge in [0, 0.05) is 25.6 Å². The maximum atomic E-state index is 12.8. The van der Waals surface area contributed by atoms with Gasteiger partial charge in [0.05, 0.1) is 5.92 Å². The fraction of sp³-hybridized carbons (Fsp3) is 0.353. The Morgan fingerprint density at radius 2 is 2.04 bits per heavy atom. The van der Waals surface area contributed by atoms with Crippen LogP contribution in [0, 0.1) is 12.8 Å². The number of piperidine rings is 1. The molecule has 1 aromatic heterocycles. The Hall–Kier alpha value is -2.63. The van der Waals surface area contributed by atoms with Crippen LogP contribution in [-0.2, 0) is 4.79 Å². The number of carboxylic acids is 1. The molecule has 0 spiro atoms. The fourth-order valence-corrected chi connectivity index (χ4v) is 2.87. The first-order valence-electron chi connectivity index (χ1n) is 7.61. The number of carbonyl (C=O) groups is 2. The normalized spacial score (nSPS) is 18.0. The van der Waals surface area contributed by atoms with Crippen LogP contribution in [0.1, 0.15) is 29.2 Å². The smallest absolute Gasteiger partial charge is 0.308 e. The van der Waals surface area contributed by atoms with Crippen molar-refractivity contribution in [2.24, 2.45) is 5.92 Å². The number of carbonyl (C=O) groups excluding carboxylic acids is 1. The first-order chi connectivity index (χ1) is 11.1. The molecular formula is C17H18N2O4. The summed E-state index contributed by atoms with van der Waals surface area (Å²) in [5.41, 5.74) is 1.03. The molecule has 1 amide bonds. The van der Waals surface area contributed by atoms with Gasteiger partial charge in [-0.1, -0.05) is 30.3 Å². The zero-order valence-corrected chi connectivity index (χ0v) is 12.9. The van der Waals surface area contributed by atoms with E-state index in [1.807, 2.05) is 30.3 Å². The number of hydrogen-bond acceptors (Lipinski definition) is 4. The zero-order valence-electron chi connectivity index (χ0n) is 12.9. The minimum atomic E-state index is -0.859. The number of hydrogen-bond donors (Lipinski definition) is 1. The van der Waals surface area contributed by atoms with Gasteiger partial charge in [0.15, 0.2) is 17.3 Å². The van der Waals surface area contributed by atoms with Crippen LogP contribution >= 0.6 is 0 Å². The second-order valence-corrected chi connectivity index (χ2v) is 5.71. The molecular weight excluding hydrogens is 296 g/mol. The van der Waals surface area contributed by atoms with Crippen LogP contribution in [0.15, 0.2) is 34.7 Å². The molecule has 6 nitrogen and oxygen atoms in total. The highest BCUT2D eigenvalue weighted by atomic mass is 16.4. The van der Waals surface area contributed by atoms with E-state index in [-0.39, 0.29) is 18.1 Å². The standard InChI is InChI=1S/C17H18N2O4/c1-11-18-14(15(23-11)12-6-3-2-4-7-12)16(20)19-9-5-8-13(10-19)17(21)22/h2-4,6-7,13H,5,8-10H2,1H3,(H,21,22). The minimum Gasteiger partial charge on any atom is -0.481 e. The molecule has 120 valence electrons. The van der Waals surface area contributed by atoms with Crippen LogP contribution in [0.25, 0.3) is 11.3 Å². The molecule has 0 aliphatic carbocycles. The van der Waals surface area contributed by atoms with Crippen LogP contribution in [0.5, 0.6) is 0 Å². The Labute approximate surface area is 133 Å². The third-order valence-corrected chi connectivity index (χ3v) is 4.03. The number of aryl methyl sites for hydroxylation is 1. The van der Waals surface area contributed by atoms with Crippen molar-refractivity contribution >= 4 is 11.9 Å². The molecule has 1 aromatic carbocycles. The SMILES string of the molecule is Cc1nc(C(=O)N2CCCC(C(=O)O)C2)c(-c2ccccc2)o1. The van der Waals surface area contributed by atoms with Crippen LogP contribution < -0.4 is 0 Å². The average Bonchev–Trinajstić information content (AvgIpc) is 2.97. The summed E-state index contributed by atoms with van der Waals surface area (Å²) < 4.78 is 5.61. The van der Waals surface area contributed by atoms with E-state index in [0.717, 1.165) is 5.56 Å². The van der Waals surface area contributed by atoms with Gasteiger partial charge in [-0.05, 0) is 12.8 Å². The van der Waals surface area contributed by atoms with Gasteiger partial charge in [0.1, 0.15) is 0 Å². The topological polar surface area (TPSA) is 83.6 Å². The van der Waals surface area contributed by atoms with Crippen LogP contribution in [0.3, 0.4) is 0 Å². The van der Waals surface area contributed by atoms with E-state index in [0.29, 0.717) is 31.0 Å². The summed E-state index contributed by atoms with van der Waals surface area (Å²) in [6.45, 7) is 2.45. The van der Waals surface area contributed by atoms with E-state index in [2.05, 4.69) is 4.98 Å². The number of nitrogens with zero attached hydrogens (tertiary/aromatic N) is 2. The molecule has 1 unspecified atom stereocenters. The number of likely N-dealkylation sites (tertiary alicyclic amines) is 1. The highest BCUT2D eigenvalue weighted by Crippen LogP contribution is 2.27. The van der Waals surface area contributed by atoms with Crippen molar-refractivity contribution in [2.45, 2.75) is 19.8 Å². The van der Waals surface area contributed by atoms with Crippen LogP contribution in [0.4, 0.5) is 0 Å². The van der Waals surface area contributed by atoms with Gasteiger partial charge in [-0.15, -0.1) is 0 Å². The maximum Gasteiger partial charge on any atom is 0.308 e. The molecule has 1 N–H and O–H groups in total. The molecule has 0 saturated carbocycles. The van der Waals surface area contributed by atoms with Gasteiger partial charge in [0.25, 0.3) is 5.91 Å². The summed E-state index contributed by atoms with van der Waals surface area (Å²) in [6.07, 6.45) is 1.28. The summed E-state index contributed by atoms with van der Waals surface area (Å²) in [4.78, 5) is 29.8. The van der Waals surface area contributed by atoms with Crippen molar-refractivity contribution in [1.29, 1.82) is 0 Å². The van der Waals surface area contributed by atoms with E-state index in [1.165, 1.54) is 0 Å². The molecule has 1 saturated heterocycles. The van der Waals surface area contributed by atoms with Gasteiger partial charge in [-0.2, -0.15) is 0 Å². The van der Waals surface area contributed by atoms with Crippen molar-refractivity contribution in [3.63, 3.8) is 0 Å². The fourth-order valence-electron chi connectivity index (χ4n) is 2.87. The van der Waals surface area contributed by atoms with E-state index >= 15 is 0 Å². The van der Waals surface area contributed by atoms with E-state index in [4.69, 9.17) is 4.42 Å². The quantitative estimate of drug-likeness (QED) is 0.941. The number of carboxylic acid groups (broad SMARTS) is 1. The van der Waals surface area contributed by atoms with Crippen molar-refractivity contribution in [3.05, 3.63) is 41.9 Å². The maximum absolute atomic E-state index is 12.8. The highest BCUT2D eigenvalue weighted by Gasteiger charge is 2.31. The lowest BCUT2D eigenvalue weighted by Crippen LogP contribution is -2.42. The number of aromatic nitrogens is 1. The Morgan fingerprint density at radius 1 is 1.30 bits per heavy atom. The molecule has 1 fully saturated rings. The third kappa shape index (κ3) is 3.11. The molecule has 1 atom stereocenters. The summed E-state index contributed by atoms with van der Waals surface area (Å²) in [5.74, 6) is -0.792. The number of aliphatic carboxylic acids is 1. The molecule has 3 rings (SSSR count). The van der Waals surface area contributed by atoms with Crippen LogP contribution in [0.2, 0.25) is 0 Å².